The fraction of sp³-hybridized carbons (Fsp3) is 0.105. The molecule has 0 saturated carbocycles. The van der Waals surface area contributed by atoms with Crippen molar-refractivity contribution in [2.75, 3.05) is 7.11 Å². The number of ketones is 1. The quantitative estimate of drug-likeness (QED) is 0.669. The number of aromatic nitrogens is 1. The number of fused-ring (bicyclic) bond motifs is 2. The van der Waals surface area contributed by atoms with E-state index in [1.165, 1.54) is 0 Å². The lowest BCUT2D eigenvalue weighted by Gasteiger charge is -2.04. The van der Waals surface area contributed by atoms with Gasteiger partial charge in [-0.05, 0) is 52.7 Å². The highest BCUT2D eigenvalue weighted by Gasteiger charge is 2.23. The molecule has 0 spiro atoms. The maximum Gasteiger partial charge on any atom is 0.207 e. The van der Waals surface area contributed by atoms with Crippen LogP contribution in [0.1, 0.15) is 16.1 Å². The maximum atomic E-state index is 12.3. The van der Waals surface area contributed by atoms with Gasteiger partial charge in [0.1, 0.15) is 5.75 Å². The molecule has 0 fully saturated rings. The molecule has 0 radical (unpaired) electrons. The predicted octanol–water partition coefficient (Wildman–Crippen LogP) is 3.93. The lowest BCUT2D eigenvalue weighted by molar-refractivity contribution is 0.103. The van der Waals surface area contributed by atoms with Crippen molar-refractivity contribution < 1.29 is 9.53 Å². The molecule has 1 aromatic heterocycles. The summed E-state index contributed by atoms with van der Waals surface area (Å²) in [7, 11) is 1.67. The van der Waals surface area contributed by atoms with Gasteiger partial charge in [-0.1, -0.05) is 18.2 Å². The van der Waals surface area contributed by atoms with Crippen molar-refractivity contribution in [2.45, 2.75) is 6.54 Å². The lowest BCUT2D eigenvalue weighted by atomic mass is 10.0. The van der Waals surface area contributed by atoms with Gasteiger partial charge in [-0.25, -0.2) is 0 Å². The Morgan fingerprint density at radius 2 is 1.91 bits per heavy atom. The average molecular weight is 289 g/mol. The molecule has 2 aromatic carbocycles. The van der Waals surface area contributed by atoms with Gasteiger partial charge in [0, 0.05) is 11.8 Å². The van der Waals surface area contributed by atoms with E-state index in [-0.39, 0.29) is 5.78 Å². The molecule has 0 aliphatic carbocycles. The van der Waals surface area contributed by atoms with Crippen LogP contribution in [0.3, 0.4) is 0 Å². The first-order chi connectivity index (χ1) is 10.7. The number of hydrogen-bond donors (Lipinski definition) is 0. The molecule has 0 unspecified atom stereocenters. The Hall–Kier alpha value is -2.81. The predicted molar refractivity (Wildman–Crippen MR) is 87.2 cm³/mol. The fourth-order valence-corrected chi connectivity index (χ4v) is 2.95. The van der Waals surface area contributed by atoms with E-state index in [1.807, 2.05) is 53.2 Å². The molecule has 0 atom stereocenters. The highest BCUT2D eigenvalue weighted by atomic mass is 16.5. The van der Waals surface area contributed by atoms with Crippen LogP contribution < -0.4 is 4.74 Å². The molecule has 3 aromatic rings. The molecule has 1 aliphatic rings. The van der Waals surface area contributed by atoms with Crippen molar-refractivity contribution in [3.8, 4) is 5.75 Å². The number of ether oxygens (including phenoxy) is 1. The van der Waals surface area contributed by atoms with Crippen LogP contribution >= 0.6 is 0 Å². The molecule has 0 amide bonds. The average Bonchev–Trinajstić information content (AvgIpc) is 3.11. The zero-order valence-electron chi connectivity index (χ0n) is 12.2. The van der Waals surface area contributed by atoms with Crippen molar-refractivity contribution in [2.24, 2.45) is 0 Å². The molecular weight excluding hydrogens is 274 g/mol. The third-order valence-corrected chi connectivity index (χ3v) is 4.11. The summed E-state index contributed by atoms with van der Waals surface area (Å²) >= 11 is 0. The molecule has 0 saturated heterocycles. The summed E-state index contributed by atoms with van der Waals surface area (Å²) in [6, 6.07) is 16.0. The minimum absolute atomic E-state index is 0.125. The first-order valence-electron chi connectivity index (χ1n) is 7.23. The second-order valence-electron chi connectivity index (χ2n) is 5.49. The van der Waals surface area contributed by atoms with Crippen LogP contribution in [0.4, 0.5) is 0 Å². The van der Waals surface area contributed by atoms with Crippen LogP contribution in [0.15, 0.2) is 60.3 Å². The third-order valence-electron chi connectivity index (χ3n) is 4.11. The Bertz CT molecular complexity index is 918. The smallest absolute Gasteiger partial charge is 0.207 e. The van der Waals surface area contributed by atoms with Crippen LogP contribution in [0, 0.1) is 0 Å². The normalized spacial score (nSPS) is 15.5. The van der Waals surface area contributed by atoms with Crippen molar-refractivity contribution in [3.63, 3.8) is 0 Å². The van der Waals surface area contributed by atoms with Crippen molar-refractivity contribution in [3.05, 3.63) is 71.6 Å². The lowest BCUT2D eigenvalue weighted by Crippen LogP contribution is -1.94. The van der Waals surface area contributed by atoms with E-state index >= 15 is 0 Å². The largest absolute Gasteiger partial charge is 0.497 e. The Morgan fingerprint density at radius 3 is 2.73 bits per heavy atom. The number of carbonyl (C=O) groups excluding carboxylic acids is 1. The number of benzene rings is 2. The minimum atomic E-state index is 0.125. The number of rotatable bonds is 2. The summed E-state index contributed by atoms with van der Waals surface area (Å²) in [6.07, 6.45) is 3.93. The molecule has 3 nitrogen and oxygen atoms in total. The van der Waals surface area contributed by atoms with E-state index in [0.717, 1.165) is 33.4 Å². The second kappa shape index (κ2) is 4.88. The van der Waals surface area contributed by atoms with Crippen LogP contribution in [0.25, 0.3) is 16.8 Å². The zero-order chi connectivity index (χ0) is 15.1. The Labute approximate surface area is 128 Å². The Kier molecular flexibility index (Phi) is 2.86. The highest BCUT2D eigenvalue weighted by Crippen LogP contribution is 2.25. The Morgan fingerprint density at radius 1 is 1.09 bits per heavy atom. The van der Waals surface area contributed by atoms with Crippen molar-refractivity contribution in [1.29, 1.82) is 0 Å². The maximum absolute atomic E-state index is 12.3. The number of hydrogen-bond acceptors (Lipinski definition) is 2. The summed E-state index contributed by atoms with van der Waals surface area (Å²) in [5, 5.41) is 2.27. The van der Waals surface area contributed by atoms with Gasteiger partial charge in [0.25, 0.3) is 0 Å². The van der Waals surface area contributed by atoms with E-state index < -0.39 is 0 Å². The number of allylic oxidation sites excluding steroid dienone is 1. The minimum Gasteiger partial charge on any atom is -0.497 e. The molecule has 22 heavy (non-hydrogen) atoms. The first kappa shape index (κ1) is 12.9. The van der Waals surface area contributed by atoms with Gasteiger partial charge < -0.3 is 9.30 Å². The van der Waals surface area contributed by atoms with Gasteiger partial charge in [0.15, 0.2) is 0 Å². The third kappa shape index (κ3) is 2.02. The number of carbonyl (C=O) groups is 1. The fourth-order valence-electron chi connectivity index (χ4n) is 2.95. The van der Waals surface area contributed by atoms with Gasteiger partial charge in [-0.3, -0.25) is 4.79 Å². The summed E-state index contributed by atoms with van der Waals surface area (Å²) in [5.74, 6) is 0.976. The first-order valence-corrected chi connectivity index (χ1v) is 7.23. The molecule has 4 rings (SSSR count). The van der Waals surface area contributed by atoms with E-state index in [1.54, 1.807) is 7.11 Å². The number of Topliss-reactive ketones (excluding diaryl/α,β-unsaturated/α-hetero) is 1. The zero-order valence-corrected chi connectivity index (χ0v) is 12.2. The summed E-state index contributed by atoms with van der Waals surface area (Å²) < 4.78 is 7.23. The molecule has 3 heteroatoms. The monoisotopic (exact) mass is 289 g/mol. The van der Waals surface area contributed by atoms with E-state index in [2.05, 4.69) is 12.1 Å². The highest BCUT2D eigenvalue weighted by molar-refractivity contribution is 6.12. The van der Waals surface area contributed by atoms with Crippen molar-refractivity contribution >= 4 is 22.6 Å². The van der Waals surface area contributed by atoms with Gasteiger partial charge in [0.2, 0.25) is 5.78 Å². The van der Waals surface area contributed by atoms with Gasteiger partial charge in [0.05, 0.1) is 19.3 Å². The molecule has 2 heterocycles. The van der Waals surface area contributed by atoms with Crippen LogP contribution in [0.2, 0.25) is 0 Å². The molecule has 108 valence electrons. The molecule has 0 N–H and O–H groups in total. The molecule has 1 aliphatic heterocycles. The van der Waals surface area contributed by atoms with Crippen LogP contribution in [0.5, 0.6) is 5.75 Å². The topological polar surface area (TPSA) is 31.2 Å². The van der Waals surface area contributed by atoms with Crippen molar-refractivity contribution in [1.82, 2.24) is 4.57 Å². The summed E-state index contributed by atoms with van der Waals surface area (Å²) in [6.45, 7) is 0.655. The van der Waals surface area contributed by atoms with Crippen LogP contribution in [-0.4, -0.2) is 17.5 Å². The second-order valence-corrected chi connectivity index (χ2v) is 5.49. The standard InChI is InChI=1S/C19H15NO2/c1-22-17-7-6-14-9-13(4-5-15(14)11-17)10-16-12-20-8-2-3-18(20)19(16)21/h2-11H,12H2,1H3/b16-10+. The SMILES string of the molecule is COc1ccc2cc(/C=C3\Cn4cccc4C3=O)ccc2c1. The molecular formula is C19H15NO2. The Balaban J connectivity index is 1.72. The number of methoxy groups -OCH3 is 1. The molecule has 0 bridgehead atoms. The van der Waals surface area contributed by atoms with Crippen LogP contribution in [-0.2, 0) is 6.54 Å². The summed E-state index contributed by atoms with van der Waals surface area (Å²) in [4.78, 5) is 12.3. The van der Waals surface area contributed by atoms with Gasteiger partial charge >= 0.3 is 0 Å². The summed E-state index contributed by atoms with van der Waals surface area (Å²) in [5.41, 5.74) is 2.66. The van der Waals surface area contributed by atoms with E-state index in [9.17, 15) is 4.79 Å². The van der Waals surface area contributed by atoms with Gasteiger partial charge in [-0.2, -0.15) is 0 Å². The van der Waals surface area contributed by atoms with E-state index in [4.69, 9.17) is 4.74 Å². The van der Waals surface area contributed by atoms with E-state index in [0.29, 0.717) is 6.54 Å². The van der Waals surface area contributed by atoms with Gasteiger partial charge in [-0.15, -0.1) is 0 Å². The number of nitrogens with zero attached hydrogens (tertiary/aromatic N) is 1.